The molecule has 1 aliphatic rings. The fraction of sp³-hybridized carbons (Fsp3) is 0.500. The highest BCUT2D eigenvalue weighted by atomic mass is 16.5. The third-order valence-corrected chi connectivity index (χ3v) is 1.61. The fourth-order valence-corrected chi connectivity index (χ4v) is 1.05. The van der Waals surface area contributed by atoms with Crippen LogP contribution < -0.4 is 0 Å². The van der Waals surface area contributed by atoms with Crippen molar-refractivity contribution in [2.75, 3.05) is 0 Å². The molecule has 0 aromatic heterocycles. The first-order valence-electron chi connectivity index (χ1n) is 3.52. The summed E-state index contributed by atoms with van der Waals surface area (Å²) in [5, 5.41) is 0. The van der Waals surface area contributed by atoms with Gasteiger partial charge in [-0.15, -0.1) is 0 Å². The van der Waals surface area contributed by atoms with Gasteiger partial charge in [0.1, 0.15) is 0 Å². The largest absolute Gasteiger partial charge is 0.423 e. The average molecular weight is 154 g/mol. The molecule has 3 heteroatoms. The van der Waals surface area contributed by atoms with E-state index in [1.165, 1.54) is 6.92 Å². The molecule has 1 rings (SSSR count). The van der Waals surface area contributed by atoms with Crippen molar-refractivity contribution in [2.24, 2.45) is 0 Å². The summed E-state index contributed by atoms with van der Waals surface area (Å²) in [7, 11) is 0. The quantitative estimate of drug-likeness (QED) is 0.533. The maximum Gasteiger partial charge on any atom is 0.308 e. The Morgan fingerprint density at radius 1 is 1.45 bits per heavy atom. The summed E-state index contributed by atoms with van der Waals surface area (Å²) < 4.78 is 4.73. The molecule has 0 atom stereocenters. The summed E-state index contributed by atoms with van der Waals surface area (Å²) in [6, 6.07) is 0. The number of allylic oxidation sites excluding steroid dienone is 2. The number of Topliss-reactive ketones (excluding diaryl/α,β-unsaturated/α-hetero) is 1. The van der Waals surface area contributed by atoms with Gasteiger partial charge in [0, 0.05) is 13.3 Å². The molecule has 0 bridgehead atoms. The molecule has 3 nitrogen and oxygen atoms in total. The van der Waals surface area contributed by atoms with E-state index in [0.717, 1.165) is 12.0 Å². The number of esters is 1. The van der Waals surface area contributed by atoms with Crippen molar-refractivity contribution < 1.29 is 14.3 Å². The van der Waals surface area contributed by atoms with Crippen molar-refractivity contribution >= 4 is 11.8 Å². The number of ketones is 1. The van der Waals surface area contributed by atoms with Crippen molar-refractivity contribution in [3.8, 4) is 0 Å². The summed E-state index contributed by atoms with van der Waals surface area (Å²) in [5.41, 5.74) is 0.880. The third-order valence-electron chi connectivity index (χ3n) is 1.61. The van der Waals surface area contributed by atoms with Gasteiger partial charge in [-0.1, -0.05) is 0 Å². The zero-order valence-corrected chi connectivity index (χ0v) is 6.64. The molecular weight excluding hydrogens is 144 g/mol. The molecule has 0 unspecified atom stereocenters. The van der Waals surface area contributed by atoms with Gasteiger partial charge in [0.2, 0.25) is 0 Å². The average Bonchev–Trinajstić information content (AvgIpc) is 2.18. The molecule has 0 aromatic rings. The van der Waals surface area contributed by atoms with Crippen LogP contribution in [-0.4, -0.2) is 11.8 Å². The Bertz CT molecular complexity index is 238. The second-order valence-corrected chi connectivity index (χ2v) is 2.63. The van der Waals surface area contributed by atoms with Crippen LogP contribution in [0.5, 0.6) is 0 Å². The van der Waals surface area contributed by atoms with E-state index < -0.39 is 5.97 Å². The third kappa shape index (κ3) is 1.67. The molecule has 0 spiro atoms. The van der Waals surface area contributed by atoms with Gasteiger partial charge in [-0.3, -0.25) is 9.59 Å². The number of ether oxygens (including phenoxy) is 1. The van der Waals surface area contributed by atoms with E-state index in [1.807, 2.05) is 6.92 Å². The molecule has 0 aliphatic heterocycles. The zero-order valence-electron chi connectivity index (χ0n) is 6.64. The number of carbonyl (C=O) groups excluding carboxylic acids is 2. The summed E-state index contributed by atoms with van der Waals surface area (Å²) in [5.74, 6) is -0.218. The molecule has 0 saturated heterocycles. The number of rotatable bonds is 1. The minimum Gasteiger partial charge on any atom is -0.423 e. The Labute approximate surface area is 65.0 Å². The number of hydrogen-bond acceptors (Lipinski definition) is 3. The van der Waals surface area contributed by atoms with E-state index in [0.29, 0.717) is 6.42 Å². The smallest absolute Gasteiger partial charge is 0.308 e. The molecule has 1 aliphatic carbocycles. The molecule has 60 valence electrons. The first-order chi connectivity index (χ1) is 5.11. The van der Waals surface area contributed by atoms with Gasteiger partial charge < -0.3 is 4.74 Å². The van der Waals surface area contributed by atoms with Crippen LogP contribution in [0, 0.1) is 0 Å². The molecule has 0 N–H and O–H groups in total. The van der Waals surface area contributed by atoms with Gasteiger partial charge in [0.25, 0.3) is 0 Å². The van der Waals surface area contributed by atoms with E-state index in [1.54, 1.807) is 0 Å². The van der Waals surface area contributed by atoms with Crippen molar-refractivity contribution in [3.63, 3.8) is 0 Å². The van der Waals surface area contributed by atoms with E-state index in [2.05, 4.69) is 0 Å². The predicted molar refractivity (Wildman–Crippen MR) is 38.7 cm³/mol. The Balaban J connectivity index is 2.75. The molecule has 11 heavy (non-hydrogen) atoms. The second-order valence-electron chi connectivity index (χ2n) is 2.63. The maximum absolute atomic E-state index is 11.0. The van der Waals surface area contributed by atoms with Crippen molar-refractivity contribution in [1.29, 1.82) is 0 Å². The highest BCUT2D eigenvalue weighted by Gasteiger charge is 2.22. The molecule has 0 radical (unpaired) electrons. The lowest BCUT2D eigenvalue weighted by atomic mass is 10.3. The molecule has 0 aromatic carbocycles. The van der Waals surface area contributed by atoms with E-state index >= 15 is 0 Å². The van der Waals surface area contributed by atoms with E-state index in [4.69, 9.17) is 4.74 Å². The Morgan fingerprint density at radius 3 is 2.45 bits per heavy atom. The van der Waals surface area contributed by atoms with Crippen LogP contribution in [0.4, 0.5) is 0 Å². The van der Waals surface area contributed by atoms with Gasteiger partial charge >= 0.3 is 5.97 Å². The van der Waals surface area contributed by atoms with Crippen LogP contribution in [0.15, 0.2) is 11.3 Å². The highest BCUT2D eigenvalue weighted by Crippen LogP contribution is 2.22. The van der Waals surface area contributed by atoms with Crippen LogP contribution in [0.2, 0.25) is 0 Å². The van der Waals surface area contributed by atoms with Crippen LogP contribution >= 0.6 is 0 Å². The number of carbonyl (C=O) groups is 2. The molecule has 0 fully saturated rings. The van der Waals surface area contributed by atoms with Crippen molar-refractivity contribution in [3.05, 3.63) is 11.3 Å². The Hall–Kier alpha value is -1.12. The van der Waals surface area contributed by atoms with Crippen molar-refractivity contribution in [1.82, 2.24) is 0 Å². The number of hydrogen-bond donors (Lipinski definition) is 0. The normalized spacial score (nSPS) is 17.5. The van der Waals surface area contributed by atoms with Gasteiger partial charge in [0.05, 0.1) is 0 Å². The molecule has 0 saturated carbocycles. The van der Waals surface area contributed by atoms with Crippen LogP contribution in [-0.2, 0) is 14.3 Å². The Kier molecular flexibility index (Phi) is 2.08. The lowest BCUT2D eigenvalue weighted by molar-refractivity contribution is -0.140. The van der Waals surface area contributed by atoms with Crippen LogP contribution in [0.25, 0.3) is 0 Å². The van der Waals surface area contributed by atoms with E-state index in [-0.39, 0.29) is 11.5 Å². The van der Waals surface area contributed by atoms with Gasteiger partial charge in [0.15, 0.2) is 11.5 Å². The summed E-state index contributed by atoms with van der Waals surface area (Å²) in [6.45, 7) is 3.11. The van der Waals surface area contributed by atoms with Crippen LogP contribution in [0.3, 0.4) is 0 Å². The maximum atomic E-state index is 11.0. The molecule has 0 amide bonds. The first kappa shape index (κ1) is 7.98. The Morgan fingerprint density at radius 2 is 2.09 bits per heavy atom. The summed E-state index contributed by atoms with van der Waals surface area (Å²) in [4.78, 5) is 21.5. The predicted octanol–water partition coefficient (Wildman–Crippen LogP) is 1.19. The second kappa shape index (κ2) is 2.86. The van der Waals surface area contributed by atoms with Crippen LogP contribution in [0.1, 0.15) is 26.7 Å². The lowest BCUT2D eigenvalue weighted by Gasteiger charge is -2.00. The van der Waals surface area contributed by atoms with E-state index in [9.17, 15) is 9.59 Å². The minimum absolute atomic E-state index is 0.0577. The van der Waals surface area contributed by atoms with Gasteiger partial charge in [-0.2, -0.15) is 0 Å². The molecule has 0 heterocycles. The first-order valence-corrected chi connectivity index (χ1v) is 3.52. The van der Waals surface area contributed by atoms with Crippen molar-refractivity contribution in [2.45, 2.75) is 26.7 Å². The SMILES string of the molecule is CC(=O)OC1=C(C)CCC1=O. The fourth-order valence-electron chi connectivity index (χ4n) is 1.05. The highest BCUT2D eigenvalue weighted by molar-refractivity contribution is 5.98. The van der Waals surface area contributed by atoms with Gasteiger partial charge in [-0.05, 0) is 18.9 Å². The zero-order chi connectivity index (χ0) is 8.43. The lowest BCUT2D eigenvalue weighted by Crippen LogP contribution is -2.05. The molecular formula is C8H10O3. The summed E-state index contributed by atoms with van der Waals surface area (Å²) >= 11 is 0. The summed E-state index contributed by atoms with van der Waals surface area (Å²) in [6.07, 6.45) is 1.20. The van der Waals surface area contributed by atoms with Gasteiger partial charge in [-0.25, -0.2) is 0 Å². The minimum atomic E-state index is -0.422. The monoisotopic (exact) mass is 154 g/mol. The standard InChI is InChI=1S/C8H10O3/c1-5-3-4-7(10)8(5)11-6(2)9/h3-4H2,1-2H3. The topological polar surface area (TPSA) is 43.4 Å².